The van der Waals surface area contributed by atoms with Crippen LogP contribution < -0.4 is 0 Å². The number of furan rings is 2. The maximum absolute atomic E-state index is 6.21. The van der Waals surface area contributed by atoms with E-state index in [-0.39, 0.29) is 0 Å². The van der Waals surface area contributed by atoms with Crippen LogP contribution in [0.15, 0.2) is 191 Å². The Morgan fingerprint density at radius 1 is 0.368 bits per heavy atom. The van der Waals surface area contributed by atoms with Crippen LogP contribution in [-0.2, 0) is 0 Å². The van der Waals surface area contributed by atoms with Gasteiger partial charge in [0.05, 0.1) is 11.4 Å². The normalized spacial score (nSPS) is 11.6. The molecule has 0 saturated carbocycles. The van der Waals surface area contributed by atoms with Crippen molar-refractivity contribution in [2.75, 3.05) is 0 Å². The summed E-state index contributed by atoms with van der Waals surface area (Å²) in [7, 11) is 0. The molecule has 57 heavy (non-hydrogen) atoms. The van der Waals surface area contributed by atoms with E-state index in [1.807, 2.05) is 60.9 Å². The summed E-state index contributed by atoms with van der Waals surface area (Å²) in [6.07, 6.45) is 3.75. The Morgan fingerprint density at radius 3 is 1.46 bits per heavy atom. The van der Waals surface area contributed by atoms with Crippen molar-refractivity contribution in [1.29, 1.82) is 0 Å². The molecule has 0 aliphatic rings. The molecule has 5 nitrogen and oxygen atoms in total. The highest BCUT2D eigenvalue weighted by Crippen LogP contribution is 2.39. The predicted octanol–water partition coefficient (Wildman–Crippen LogP) is 14.0. The molecule has 0 aliphatic carbocycles. The Morgan fingerprint density at radius 2 is 0.860 bits per heavy atom. The van der Waals surface area contributed by atoms with Crippen LogP contribution in [0.5, 0.6) is 0 Å². The zero-order valence-corrected chi connectivity index (χ0v) is 31.0. The smallest absolute Gasteiger partial charge is 0.160 e. The van der Waals surface area contributed by atoms with E-state index in [1.54, 1.807) is 0 Å². The monoisotopic (exact) mass is 731 g/mol. The number of aromatic nitrogens is 3. The van der Waals surface area contributed by atoms with Gasteiger partial charge in [-0.15, -0.1) is 0 Å². The van der Waals surface area contributed by atoms with Gasteiger partial charge in [-0.05, 0) is 107 Å². The van der Waals surface area contributed by atoms with Gasteiger partial charge in [0.1, 0.15) is 22.3 Å². The van der Waals surface area contributed by atoms with E-state index >= 15 is 0 Å². The second kappa shape index (κ2) is 13.3. The van der Waals surface area contributed by atoms with Crippen LogP contribution in [0.4, 0.5) is 0 Å². The van der Waals surface area contributed by atoms with Gasteiger partial charge in [-0.25, -0.2) is 9.97 Å². The lowest BCUT2D eigenvalue weighted by molar-refractivity contribution is 0.668. The molecule has 0 N–H and O–H groups in total. The third-order valence-electron chi connectivity index (χ3n) is 10.9. The fraction of sp³-hybridized carbons (Fsp3) is 0.0192. The highest BCUT2D eigenvalue weighted by Gasteiger charge is 2.17. The van der Waals surface area contributed by atoms with E-state index in [1.165, 1.54) is 5.56 Å². The number of hydrogen-bond donors (Lipinski definition) is 0. The summed E-state index contributed by atoms with van der Waals surface area (Å²) in [6.45, 7) is 2.11. The van der Waals surface area contributed by atoms with Crippen molar-refractivity contribution < 1.29 is 8.83 Å². The third-order valence-corrected chi connectivity index (χ3v) is 10.9. The van der Waals surface area contributed by atoms with E-state index < -0.39 is 0 Å². The molecule has 0 bridgehead atoms. The van der Waals surface area contributed by atoms with Crippen molar-refractivity contribution in [3.05, 3.63) is 188 Å². The molecule has 4 heterocycles. The quantitative estimate of drug-likeness (QED) is 0.170. The molecule has 0 saturated heterocycles. The second-order valence-electron chi connectivity index (χ2n) is 14.5. The topological polar surface area (TPSA) is 65.0 Å². The van der Waals surface area contributed by atoms with Crippen LogP contribution >= 0.6 is 0 Å². The van der Waals surface area contributed by atoms with E-state index in [0.29, 0.717) is 5.82 Å². The number of hydrogen-bond acceptors (Lipinski definition) is 5. The number of nitrogens with zero attached hydrogens (tertiary/aromatic N) is 3. The minimum Gasteiger partial charge on any atom is -0.456 e. The molecule has 0 aliphatic heterocycles. The molecule has 0 unspecified atom stereocenters. The number of benzene rings is 7. The first-order chi connectivity index (χ1) is 28.1. The molecule has 5 heteroatoms. The highest BCUT2D eigenvalue weighted by molar-refractivity contribution is 6.07. The fourth-order valence-corrected chi connectivity index (χ4v) is 7.97. The van der Waals surface area contributed by atoms with E-state index in [9.17, 15) is 0 Å². The van der Waals surface area contributed by atoms with Gasteiger partial charge in [-0.1, -0.05) is 103 Å². The third kappa shape index (κ3) is 5.85. The zero-order valence-electron chi connectivity index (χ0n) is 31.0. The average molecular weight is 732 g/mol. The Kier molecular flexibility index (Phi) is 7.64. The summed E-state index contributed by atoms with van der Waals surface area (Å²) in [5.74, 6) is 0.645. The summed E-state index contributed by atoms with van der Waals surface area (Å²) >= 11 is 0. The first-order valence-electron chi connectivity index (χ1n) is 19.1. The molecule has 0 amide bonds. The molecular weight excluding hydrogens is 699 g/mol. The van der Waals surface area contributed by atoms with E-state index in [0.717, 1.165) is 105 Å². The minimum absolute atomic E-state index is 0.645. The molecule has 0 fully saturated rings. The summed E-state index contributed by atoms with van der Waals surface area (Å²) in [6, 6.07) is 59.0. The summed E-state index contributed by atoms with van der Waals surface area (Å²) < 4.78 is 12.4. The molecule has 0 spiro atoms. The Labute approximate surface area is 328 Å². The van der Waals surface area contributed by atoms with Gasteiger partial charge >= 0.3 is 0 Å². The molecule has 0 atom stereocenters. The molecular formula is C52H33N3O2. The number of pyridine rings is 1. The van der Waals surface area contributed by atoms with Gasteiger partial charge in [0.25, 0.3) is 0 Å². The molecule has 11 rings (SSSR count). The zero-order chi connectivity index (χ0) is 37.9. The number of rotatable bonds is 6. The van der Waals surface area contributed by atoms with Gasteiger partial charge in [0.15, 0.2) is 5.82 Å². The lowest BCUT2D eigenvalue weighted by Gasteiger charge is -2.13. The molecule has 4 aromatic heterocycles. The number of aryl methyl sites for hydroxylation is 1. The van der Waals surface area contributed by atoms with Gasteiger partial charge < -0.3 is 8.83 Å². The average Bonchev–Trinajstić information content (AvgIpc) is 3.84. The second-order valence-corrected chi connectivity index (χ2v) is 14.5. The Hall–Kier alpha value is -7.63. The van der Waals surface area contributed by atoms with Gasteiger partial charge in [-0.2, -0.15) is 0 Å². The van der Waals surface area contributed by atoms with Crippen LogP contribution in [0, 0.1) is 6.92 Å². The van der Waals surface area contributed by atoms with E-state index in [2.05, 4.69) is 133 Å². The van der Waals surface area contributed by atoms with Crippen molar-refractivity contribution in [2.45, 2.75) is 6.92 Å². The van der Waals surface area contributed by atoms with E-state index in [4.69, 9.17) is 18.8 Å². The van der Waals surface area contributed by atoms with Crippen LogP contribution in [0.25, 0.3) is 111 Å². The first kappa shape index (κ1) is 32.8. The fourth-order valence-electron chi connectivity index (χ4n) is 7.97. The van der Waals surface area contributed by atoms with Crippen molar-refractivity contribution in [3.8, 4) is 67.3 Å². The Balaban J connectivity index is 1.11. The standard InChI is InChI=1S/C52H33N3O2/c1-32-23-24-53-31-45(32)33-15-17-35(18-16-33)47-30-46(34-9-3-2-4-10-34)54-52(55-47)40-26-38(36-19-21-50-43(28-36)41-11-5-7-13-48(41)56-50)25-39(27-40)37-20-22-51-44(29-37)42-12-6-8-14-49(42)57-51/h2-31H,1H3. The van der Waals surface area contributed by atoms with Gasteiger partial charge in [0.2, 0.25) is 0 Å². The van der Waals surface area contributed by atoms with Crippen LogP contribution in [0.2, 0.25) is 0 Å². The maximum atomic E-state index is 6.21. The van der Waals surface area contributed by atoms with Crippen LogP contribution in [0.1, 0.15) is 5.56 Å². The predicted molar refractivity (Wildman–Crippen MR) is 232 cm³/mol. The van der Waals surface area contributed by atoms with Gasteiger partial charge in [-0.3, -0.25) is 4.98 Å². The van der Waals surface area contributed by atoms with Crippen molar-refractivity contribution in [3.63, 3.8) is 0 Å². The lowest BCUT2D eigenvalue weighted by Crippen LogP contribution is -1.97. The summed E-state index contributed by atoms with van der Waals surface area (Å²) in [4.78, 5) is 14.9. The molecule has 7 aromatic carbocycles. The number of fused-ring (bicyclic) bond motifs is 6. The van der Waals surface area contributed by atoms with Crippen molar-refractivity contribution in [2.24, 2.45) is 0 Å². The minimum atomic E-state index is 0.645. The summed E-state index contributed by atoms with van der Waals surface area (Å²) in [5.41, 5.74) is 15.8. The summed E-state index contributed by atoms with van der Waals surface area (Å²) in [5, 5.41) is 4.35. The SMILES string of the molecule is Cc1ccncc1-c1ccc(-c2cc(-c3ccccc3)nc(-c3cc(-c4ccc5oc6ccccc6c5c4)cc(-c4ccc5oc6ccccc6c5c4)c3)n2)cc1. The first-order valence-corrected chi connectivity index (χ1v) is 19.1. The number of para-hydroxylation sites is 2. The molecule has 268 valence electrons. The van der Waals surface area contributed by atoms with Crippen molar-refractivity contribution >= 4 is 43.9 Å². The van der Waals surface area contributed by atoms with Gasteiger partial charge in [0, 0.05) is 56.2 Å². The van der Waals surface area contributed by atoms with Crippen LogP contribution in [-0.4, -0.2) is 15.0 Å². The Bertz CT molecular complexity index is 3170. The largest absolute Gasteiger partial charge is 0.456 e. The lowest BCUT2D eigenvalue weighted by atomic mass is 9.94. The van der Waals surface area contributed by atoms with Crippen LogP contribution in [0.3, 0.4) is 0 Å². The maximum Gasteiger partial charge on any atom is 0.160 e. The molecule has 0 radical (unpaired) electrons. The molecule has 11 aromatic rings. The van der Waals surface area contributed by atoms with Crippen molar-refractivity contribution in [1.82, 2.24) is 15.0 Å². The highest BCUT2D eigenvalue weighted by atomic mass is 16.3.